The molecule has 1 aliphatic rings. The lowest BCUT2D eigenvalue weighted by Gasteiger charge is -2.22. The third-order valence-electron chi connectivity index (χ3n) is 2.67. The van der Waals surface area contributed by atoms with Gasteiger partial charge in [0.1, 0.15) is 0 Å². The number of halogens is 1. The Bertz CT molecular complexity index is 247. The number of hydrogen-bond donors (Lipinski definition) is 2. The van der Waals surface area contributed by atoms with Gasteiger partial charge in [0.15, 0.2) is 0 Å². The van der Waals surface area contributed by atoms with E-state index in [4.69, 9.17) is 0 Å². The fourth-order valence-corrected chi connectivity index (χ4v) is 2.38. The zero-order valence-corrected chi connectivity index (χ0v) is 10.4. The van der Waals surface area contributed by atoms with Crippen LogP contribution in [-0.4, -0.2) is 24.6 Å². The van der Waals surface area contributed by atoms with E-state index in [-0.39, 0.29) is 12.4 Å². The lowest BCUT2D eigenvalue weighted by molar-refractivity contribution is 0.357. The fraction of sp³-hybridized carbons (Fsp3) is 0.700. The molecule has 1 aliphatic heterocycles. The van der Waals surface area contributed by atoms with Crippen LogP contribution in [0.4, 0.5) is 0 Å². The first-order valence-electron chi connectivity index (χ1n) is 5.24. The molecule has 0 atom stereocenters. The van der Waals surface area contributed by atoms with Crippen LogP contribution in [0, 0.1) is 5.92 Å². The molecular weight excluding hydrogens is 230 g/mol. The van der Waals surface area contributed by atoms with Crippen molar-refractivity contribution in [3.8, 4) is 0 Å². The van der Waals surface area contributed by atoms with Gasteiger partial charge in [-0.2, -0.15) is 0 Å². The molecule has 5 heteroatoms. The Morgan fingerprint density at radius 1 is 1.47 bits per heavy atom. The van der Waals surface area contributed by atoms with Crippen molar-refractivity contribution in [2.24, 2.45) is 5.92 Å². The lowest BCUT2D eigenvalue weighted by atomic mass is 9.98. The van der Waals surface area contributed by atoms with Crippen LogP contribution >= 0.6 is 23.7 Å². The Morgan fingerprint density at radius 3 is 2.93 bits per heavy atom. The van der Waals surface area contributed by atoms with Crippen LogP contribution in [-0.2, 0) is 6.54 Å². The average Bonchev–Trinajstić information content (AvgIpc) is 2.72. The normalized spacial score (nSPS) is 17.3. The predicted octanol–water partition coefficient (Wildman–Crippen LogP) is 1.65. The van der Waals surface area contributed by atoms with E-state index in [1.165, 1.54) is 30.8 Å². The van der Waals surface area contributed by atoms with Gasteiger partial charge in [0.25, 0.3) is 0 Å². The van der Waals surface area contributed by atoms with Crippen LogP contribution in [0.15, 0.2) is 11.7 Å². The van der Waals surface area contributed by atoms with E-state index in [9.17, 15) is 0 Å². The molecule has 0 unspecified atom stereocenters. The topological polar surface area (TPSA) is 37.0 Å². The van der Waals surface area contributed by atoms with Crippen LogP contribution in [0.3, 0.4) is 0 Å². The van der Waals surface area contributed by atoms with Crippen LogP contribution in [0.1, 0.15) is 17.7 Å². The summed E-state index contributed by atoms with van der Waals surface area (Å²) in [6.07, 6.45) is 4.57. The fourth-order valence-electron chi connectivity index (χ4n) is 1.81. The van der Waals surface area contributed by atoms with Gasteiger partial charge in [-0.25, -0.2) is 0 Å². The molecule has 0 aromatic carbocycles. The molecule has 2 N–H and O–H groups in total. The van der Waals surface area contributed by atoms with Gasteiger partial charge in [-0.05, 0) is 38.4 Å². The van der Waals surface area contributed by atoms with Crippen molar-refractivity contribution in [2.45, 2.75) is 19.4 Å². The molecule has 2 heterocycles. The summed E-state index contributed by atoms with van der Waals surface area (Å²) in [5.74, 6) is 0.865. The maximum atomic E-state index is 4.06. The number of hydrogen-bond acceptors (Lipinski definition) is 4. The Hall–Kier alpha value is -0.160. The Kier molecular flexibility index (Phi) is 6.17. The first-order chi connectivity index (χ1) is 6.95. The first kappa shape index (κ1) is 12.9. The minimum atomic E-state index is 0. The molecule has 0 amide bonds. The Labute approximate surface area is 101 Å². The van der Waals surface area contributed by atoms with Gasteiger partial charge in [0, 0.05) is 17.6 Å². The molecule has 0 bridgehead atoms. The standard InChI is InChI=1S/C10H17N3S.ClH/c1-3-11-4-2-9(1)5-12-6-10-7-13-8-14-10;/h7-9,11-12H,1-6H2;1H. The molecule has 1 aromatic rings. The maximum absolute atomic E-state index is 4.06. The highest BCUT2D eigenvalue weighted by molar-refractivity contribution is 7.09. The molecular formula is C10H18ClN3S. The number of nitrogens with one attached hydrogen (secondary N) is 2. The third-order valence-corrected chi connectivity index (χ3v) is 3.45. The summed E-state index contributed by atoms with van der Waals surface area (Å²) in [5, 5.41) is 6.88. The highest BCUT2D eigenvalue weighted by Gasteiger charge is 2.11. The zero-order chi connectivity index (χ0) is 9.64. The lowest BCUT2D eigenvalue weighted by Crippen LogP contribution is -2.33. The smallest absolute Gasteiger partial charge is 0.0794 e. The second kappa shape index (κ2) is 7.17. The monoisotopic (exact) mass is 247 g/mol. The molecule has 15 heavy (non-hydrogen) atoms. The summed E-state index contributed by atoms with van der Waals surface area (Å²) in [4.78, 5) is 5.39. The molecule has 3 nitrogen and oxygen atoms in total. The number of thiazole rings is 1. The third kappa shape index (κ3) is 4.47. The molecule has 86 valence electrons. The van der Waals surface area contributed by atoms with Gasteiger partial charge >= 0.3 is 0 Å². The van der Waals surface area contributed by atoms with Crippen molar-refractivity contribution in [3.63, 3.8) is 0 Å². The highest BCUT2D eigenvalue weighted by atomic mass is 35.5. The van der Waals surface area contributed by atoms with E-state index >= 15 is 0 Å². The summed E-state index contributed by atoms with van der Waals surface area (Å²) < 4.78 is 0. The van der Waals surface area contributed by atoms with Crippen LogP contribution in [0.5, 0.6) is 0 Å². The van der Waals surface area contributed by atoms with E-state index in [0.717, 1.165) is 19.0 Å². The Balaban J connectivity index is 0.00000112. The summed E-state index contributed by atoms with van der Waals surface area (Å²) in [5.41, 5.74) is 1.89. The quantitative estimate of drug-likeness (QED) is 0.850. The molecule has 0 aliphatic carbocycles. The second-order valence-electron chi connectivity index (χ2n) is 3.79. The Morgan fingerprint density at radius 2 is 2.27 bits per heavy atom. The highest BCUT2D eigenvalue weighted by Crippen LogP contribution is 2.10. The van der Waals surface area contributed by atoms with E-state index in [0.29, 0.717) is 0 Å². The van der Waals surface area contributed by atoms with E-state index in [1.807, 2.05) is 11.7 Å². The van der Waals surface area contributed by atoms with E-state index in [2.05, 4.69) is 15.6 Å². The van der Waals surface area contributed by atoms with Crippen molar-refractivity contribution in [1.29, 1.82) is 0 Å². The van der Waals surface area contributed by atoms with E-state index in [1.54, 1.807) is 11.3 Å². The van der Waals surface area contributed by atoms with Crippen molar-refractivity contribution in [3.05, 3.63) is 16.6 Å². The van der Waals surface area contributed by atoms with Gasteiger partial charge in [-0.1, -0.05) is 0 Å². The van der Waals surface area contributed by atoms with Crippen LogP contribution < -0.4 is 10.6 Å². The molecule has 1 saturated heterocycles. The van der Waals surface area contributed by atoms with Crippen molar-refractivity contribution in [1.82, 2.24) is 15.6 Å². The minimum absolute atomic E-state index is 0. The van der Waals surface area contributed by atoms with Gasteiger partial charge in [0.05, 0.1) is 5.51 Å². The second-order valence-corrected chi connectivity index (χ2v) is 4.76. The average molecular weight is 248 g/mol. The van der Waals surface area contributed by atoms with Gasteiger partial charge in [0.2, 0.25) is 0 Å². The number of aromatic nitrogens is 1. The molecule has 0 radical (unpaired) electrons. The molecule has 1 aromatic heterocycles. The van der Waals surface area contributed by atoms with Crippen molar-refractivity contribution < 1.29 is 0 Å². The molecule has 1 fully saturated rings. The van der Waals surface area contributed by atoms with Crippen LogP contribution in [0.25, 0.3) is 0 Å². The summed E-state index contributed by atoms with van der Waals surface area (Å²) in [6, 6.07) is 0. The number of nitrogens with zero attached hydrogens (tertiary/aromatic N) is 1. The van der Waals surface area contributed by atoms with E-state index < -0.39 is 0 Å². The SMILES string of the molecule is Cl.c1ncc(CNCC2CCNCC2)s1. The van der Waals surface area contributed by atoms with Gasteiger partial charge in [-0.15, -0.1) is 23.7 Å². The van der Waals surface area contributed by atoms with Gasteiger partial charge in [-0.3, -0.25) is 4.98 Å². The zero-order valence-electron chi connectivity index (χ0n) is 8.74. The largest absolute Gasteiger partial charge is 0.317 e. The van der Waals surface area contributed by atoms with Crippen molar-refractivity contribution in [2.75, 3.05) is 19.6 Å². The maximum Gasteiger partial charge on any atom is 0.0794 e. The summed E-state index contributed by atoms with van der Waals surface area (Å²) in [6.45, 7) is 4.51. The minimum Gasteiger partial charge on any atom is -0.317 e. The van der Waals surface area contributed by atoms with Crippen molar-refractivity contribution >= 4 is 23.7 Å². The van der Waals surface area contributed by atoms with Gasteiger partial charge < -0.3 is 10.6 Å². The van der Waals surface area contributed by atoms with Crippen LogP contribution in [0.2, 0.25) is 0 Å². The molecule has 2 rings (SSSR count). The summed E-state index contributed by atoms with van der Waals surface area (Å²) in [7, 11) is 0. The summed E-state index contributed by atoms with van der Waals surface area (Å²) >= 11 is 1.72. The molecule has 0 saturated carbocycles. The number of rotatable bonds is 4. The number of piperidine rings is 1. The first-order valence-corrected chi connectivity index (χ1v) is 6.12. The predicted molar refractivity (Wildman–Crippen MR) is 66.7 cm³/mol. The molecule has 0 spiro atoms.